The lowest BCUT2D eigenvalue weighted by Crippen LogP contribution is -2.25. The molecule has 0 spiro atoms. The van der Waals surface area contributed by atoms with E-state index in [1.54, 1.807) is 6.92 Å². The second kappa shape index (κ2) is 3.12. The Hall–Kier alpha value is -0.310. The zero-order chi connectivity index (χ0) is 9.59. The second-order valence-corrected chi connectivity index (χ2v) is 4.83. The minimum absolute atomic E-state index is 0.0227. The van der Waals surface area contributed by atoms with Crippen LogP contribution in [-0.2, 0) is 9.59 Å². The van der Waals surface area contributed by atoms with Gasteiger partial charge in [-0.3, -0.25) is 9.59 Å². The molecule has 0 saturated heterocycles. The molecule has 2 aliphatic carbocycles. The lowest BCUT2D eigenvalue weighted by atomic mass is 9.81. The average molecular weight is 198 g/mol. The van der Waals surface area contributed by atoms with Crippen LogP contribution in [0.4, 0.5) is 0 Å². The standard InChI is InChI=1S/C10H14O2S/c1-5(11)8-3-7-2-6(8)4-9(7)10(12)13/h6-9H,2-4H2,1H3,(H,12,13). The Morgan fingerprint density at radius 1 is 1.08 bits per heavy atom. The van der Waals surface area contributed by atoms with Crippen molar-refractivity contribution in [2.45, 2.75) is 26.2 Å². The molecule has 2 nitrogen and oxygen atoms in total. The molecule has 0 aliphatic heterocycles. The van der Waals surface area contributed by atoms with Gasteiger partial charge in [0.25, 0.3) is 0 Å². The Morgan fingerprint density at radius 3 is 2.00 bits per heavy atom. The molecule has 2 saturated carbocycles. The van der Waals surface area contributed by atoms with Crippen LogP contribution in [0.2, 0.25) is 0 Å². The molecular formula is C10H14O2S. The first-order valence-corrected chi connectivity index (χ1v) is 5.27. The van der Waals surface area contributed by atoms with Gasteiger partial charge in [0.15, 0.2) is 5.12 Å². The van der Waals surface area contributed by atoms with E-state index in [-0.39, 0.29) is 17.0 Å². The van der Waals surface area contributed by atoms with Crippen LogP contribution >= 0.6 is 12.6 Å². The molecule has 3 heteroatoms. The molecule has 2 fully saturated rings. The van der Waals surface area contributed by atoms with Crippen LogP contribution in [0.3, 0.4) is 0 Å². The SMILES string of the molecule is CC(=O)C1CC2CC1CC2C(=O)S. The van der Waals surface area contributed by atoms with Crippen molar-refractivity contribution in [3.05, 3.63) is 0 Å². The third-order valence-corrected chi connectivity index (χ3v) is 4.03. The maximum atomic E-state index is 11.2. The molecule has 0 aromatic carbocycles. The van der Waals surface area contributed by atoms with E-state index in [0.717, 1.165) is 19.3 Å². The topological polar surface area (TPSA) is 34.1 Å². The van der Waals surface area contributed by atoms with E-state index in [9.17, 15) is 9.59 Å². The molecule has 0 amide bonds. The van der Waals surface area contributed by atoms with E-state index in [4.69, 9.17) is 0 Å². The number of rotatable bonds is 2. The minimum Gasteiger partial charge on any atom is -0.300 e. The highest BCUT2D eigenvalue weighted by Gasteiger charge is 2.48. The normalized spacial score (nSPS) is 42.3. The molecule has 0 radical (unpaired) electrons. The number of fused-ring (bicyclic) bond motifs is 2. The number of carbonyl (C=O) groups excluding carboxylic acids is 2. The largest absolute Gasteiger partial charge is 0.300 e. The Morgan fingerprint density at radius 2 is 1.62 bits per heavy atom. The Bertz CT molecular complexity index is 236. The Balaban J connectivity index is 2.07. The molecule has 4 atom stereocenters. The summed E-state index contributed by atoms with van der Waals surface area (Å²) in [6, 6.07) is 0. The molecule has 0 aromatic heterocycles. The molecule has 0 N–H and O–H groups in total. The summed E-state index contributed by atoms with van der Waals surface area (Å²) < 4.78 is 0. The first-order valence-electron chi connectivity index (χ1n) is 4.83. The average Bonchev–Trinajstić information content (AvgIpc) is 2.60. The highest BCUT2D eigenvalue weighted by Crippen LogP contribution is 2.52. The monoisotopic (exact) mass is 198 g/mol. The highest BCUT2D eigenvalue weighted by atomic mass is 32.1. The first-order chi connectivity index (χ1) is 6.09. The van der Waals surface area contributed by atoms with E-state index in [2.05, 4.69) is 12.6 Å². The van der Waals surface area contributed by atoms with Crippen LogP contribution in [0, 0.1) is 23.7 Å². The lowest BCUT2D eigenvalue weighted by molar-refractivity contribution is -0.124. The van der Waals surface area contributed by atoms with Gasteiger partial charge < -0.3 is 0 Å². The van der Waals surface area contributed by atoms with Crippen molar-refractivity contribution in [1.82, 2.24) is 0 Å². The summed E-state index contributed by atoms with van der Waals surface area (Å²) in [4.78, 5) is 22.3. The van der Waals surface area contributed by atoms with Crippen molar-refractivity contribution >= 4 is 23.5 Å². The number of Topliss-reactive ketones (excluding diaryl/α,β-unsaturated/α-hetero) is 1. The van der Waals surface area contributed by atoms with Gasteiger partial charge in [-0.1, -0.05) is 0 Å². The zero-order valence-electron chi connectivity index (χ0n) is 7.69. The van der Waals surface area contributed by atoms with Crippen LogP contribution in [-0.4, -0.2) is 10.9 Å². The van der Waals surface area contributed by atoms with Crippen molar-refractivity contribution in [3.8, 4) is 0 Å². The van der Waals surface area contributed by atoms with Gasteiger partial charge in [0.1, 0.15) is 5.78 Å². The van der Waals surface area contributed by atoms with Gasteiger partial charge >= 0.3 is 0 Å². The van der Waals surface area contributed by atoms with Gasteiger partial charge in [-0.25, -0.2) is 0 Å². The van der Waals surface area contributed by atoms with Crippen LogP contribution < -0.4 is 0 Å². The molecule has 13 heavy (non-hydrogen) atoms. The summed E-state index contributed by atoms with van der Waals surface area (Å²) in [6.07, 6.45) is 2.90. The maximum absolute atomic E-state index is 11.2. The molecular weight excluding hydrogens is 184 g/mol. The van der Waals surface area contributed by atoms with Crippen molar-refractivity contribution in [1.29, 1.82) is 0 Å². The quantitative estimate of drug-likeness (QED) is 0.685. The van der Waals surface area contributed by atoms with Gasteiger partial charge in [-0.2, -0.15) is 0 Å². The third kappa shape index (κ3) is 1.43. The van der Waals surface area contributed by atoms with Gasteiger partial charge in [-0.05, 0) is 38.0 Å². The third-order valence-electron chi connectivity index (χ3n) is 3.70. The number of carbonyl (C=O) groups is 2. The molecule has 2 aliphatic rings. The van der Waals surface area contributed by atoms with E-state index in [1.165, 1.54) is 0 Å². The van der Waals surface area contributed by atoms with E-state index < -0.39 is 0 Å². The number of hydrogen-bond acceptors (Lipinski definition) is 2. The molecule has 0 heterocycles. The van der Waals surface area contributed by atoms with E-state index >= 15 is 0 Å². The molecule has 2 bridgehead atoms. The van der Waals surface area contributed by atoms with Crippen molar-refractivity contribution < 1.29 is 9.59 Å². The summed E-state index contributed by atoms with van der Waals surface area (Å²) in [7, 11) is 0. The molecule has 0 aromatic rings. The summed E-state index contributed by atoms with van der Waals surface area (Å²) in [5.74, 6) is 1.61. The van der Waals surface area contributed by atoms with Crippen LogP contribution in [0.25, 0.3) is 0 Å². The van der Waals surface area contributed by atoms with Gasteiger partial charge in [0.05, 0.1) is 0 Å². The van der Waals surface area contributed by atoms with Crippen molar-refractivity contribution in [3.63, 3.8) is 0 Å². The zero-order valence-corrected chi connectivity index (χ0v) is 8.59. The van der Waals surface area contributed by atoms with Gasteiger partial charge in [-0.15, -0.1) is 12.6 Å². The smallest absolute Gasteiger partial charge is 0.189 e. The van der Waals surface area contributed by atoms with Crippen LogP contribution in [0.5, 0.6) is 0 Å². The summed E-state index contributed by atoms with van der Waals surface area (Å²) >= 11 is 3.88. The summed E-state index contributed by atoms with van der Waals surface area (Å²) in [5.41, 5.74) is 0. The molecule has 2 rings (SSSR count). The fourth-order valence-corrected chi connectivity index (χ4v) is 3.39. The number of thiol groups is 1. The number of ketones is 1. The fraction of sp³-hybridized carbons (Fsp3) is 0.800. The van der Waals surface area contributed by atoms with Crippen LogP contribution in [0.15, 0.2) is 0 Å². The second-order valence-electron chi connectivity index (χ2n) is 4.39. The molecule has 4 unspecified atom stereocenters. The van der Waals surface area contributed by atoms with E-state index in [1.807, 2.05) is 0 Å². The minimum atomic E-state index is 0.0227. The fourth-order valence-electron chi connectivity index (χ4n) is 3.08. The Labute approximate surface area is 83.5 Å². The number of hydrogen-bond donors (Lipinski definition) is 1. The summed E-state index contributed by atoms with van der Waals surface area (Å²) in [6.45, 7) is 1.67. The van der Waals surface area contributed by atoms with Gasteiger partial charge in [0, 0.05) is 11.8 Å². The first kappa shape index (κ1) is 9.25. The van der Waals surface area contributed by atoms with E-state index in [0.29, 0.717) is 17.6 Å². The Kier molecular flexibility index (Phi) is 2.22. The predicted molar refractivity (Wildman–Crippen MR) is 52.5 cm³/mol. The summed E-state index contributed by atoms with van der Waals surface area (Å²) in [5, 5.41) is 0.0227. The van der Waals surface area contributed by atoms with Crippen LogP contribution in [0.1, 0.15) is 26.2 Å². The van der Waals surface area contributed by atoms with Crippen molar-refractivity contribution in [2.24, 2.45) is 23.7 Å². The molecule has 72 valence electrons. The van der Waals surface area contributed by atoms with Gasteiger partial charge in [0.2, 0.25) is 0 Å². The lowest BCUT2D eigenvalue weighted by Gasteiger charge is -2.23. The highest BCUT2D eigenvalue weighted by molar-refractivity contribution is 7.96. The maximum Gasteiger partial charge on any atom is 0.189 e. The van der Waals surface area contributed by atoms with Crippen molar-refractivity contribution in [2.75, 3.05) is 0 Å². The predicted octanol–water partition coefficient (Wildman–Crippen LogP) is 1.69.